The molecule has 0 bridgehead atoms. The number of likely N-dealkylation sites (N-methyl/N-ethyl adjacent to an activating group) is 1. The van der Waals surface area contributed by atoms with Crippen LogP contribution >= 0.6 is 12.2 Å². The van der Waals surface area contributed by atoms with E-state index >= 15 is 0 Å². The number of rotatable bonds is 6. The lowest BCUT2D eigenvalue weighted by Crippen LogP contribution is -2.33. The Kier molecular flexibility index (Phi) is 6.29. The van der Waals surface area contributed by atoms with Crippen molar-refractivity contribution in [1.82, 2.24) is 9.80 Å². The number of methoxy groups -OCH3 is 2. The molecule has 1 aliphatic heterocycles. The first-order valence-corrected chi connectivity index (χ1v) is 7.96. The Morgan fingerprint density at radius 3 is 2.46 bits per heavy atom. The number of nitrogens with zero attached hydrogens (tertiary/aromatic N) is 2. The Labute approximate surface area is 155 Å². The number of hydrogen-bond acceptors (Lipinski definition) is 7. The highest BCUT2D eigenvalue weighted by molar-refractivity contribution is 7.80. The fourth-order valence-electron chi connectivity index (χ4n) is 2.22. The molecule has 1 amide bonds. The van der Waals surface area contributed by atoms with Crippen LogP contribution in [0.15, 0.2) is 30.0 Å². The van der Waals surface area contributed by atoms with Crippen molar-refractivity contribution < 1.29 is 28.6 Å². The van der Waals surface area contributed by atoms with E-state index in [0.717, 1.165) is 0 Å². The first kappa shape index (κ1) is 19.4. The maximum absolute atomic E-state index is 12.5. The van der Waals surface area contributed by atoms with Crippen LogP contribution < -0.4 is 4.74 Å². The Balaban J connectivity index is 2.36. The van der Waals surface area contributed by atoms with Crippen LogP contribution in [0.1, 0.15) is 5.56 Å². The van der Waals surface area contributed by atoms with Crippen LogP contribution in [0.25, 0.3) is 6.08 Å². The van der Waals surface area contributed by atoms with Gasteiger partial charge in [-0.05, 0) is 24.4 Å². The third-order valence-electron chi connectivity index (χ3n) is 3.63. The molecule has 9 heteroatoms. The standard InChI is InChI=1S/C17H18N2O6S/c1-18-16(22)12(19(17(18)26)9-14(20)23-2)8-11-6-4-5-7-13(11)25-10-15(21)24-3/h4-8H,9-10H2,1-3H3/b12-8+. The number of ether oxygens (including phenoxy) is 3. The van der Waals surface area contributed by atoms with Gasteiger partial charge in [0, 0.05) is 12.6 Å². The zero-order valence-corrected chi connectivity index (χ0v) is 15.4. The number of para-hydroxylation sites is 1. The molecule has 1 fully saturated rings. The highest BCUT2D eigenvalue weighted by Gasteiger charge is 2.36. The molecule has 138 valence electrons. The Morgan fingerprint density at radius 1 is 1.15 bits per heavy atom. The van der Waals surface area contributed by atoms with Gasteiger partial charge in [0.25, 0.3) is 5.91 Å². The van der Waals surface area contributed by atoms with E-state index in [9.17, 15) is 14.4 Å². The van der Waals surface area contributed by atoms with E-state index in [-0.39, 0.29) is 29.9 Å². The smallest absolute Gasteiger partial charge is 0.343 e. The number of amides is 1. The first-order chi connectivity index (χ1) is 12.4. The molecule has 0 spiro atoms. The molecular formula is C17H18N2O6S. The normalized spacial score (nSPS) is 15.4. The summed E-state index contributed by atoms with van der Waals surface area (Å²) < 4.78 is 14.6. The molecule has 0 N–H and O–H groups in total. The van der Waals surface area contributed by atoms with Crippen LogP contribution in [0.2, 0.25) is 0 Å². The molecule has 0 unspecified atom stereocenters. The summed E-state index contributed by atoms with van der Waals surface area (Å²) in [4.78, 5) is 38.1. The molecule has 1 aromatic rings. The average molecular weight is 378 g/mol. The maximum atomic E-state index is 12.5. The topological polar surface area (TPSA) is 85.4 Å². The number of benzene rings is 1. The van der Waals surface area contributed by atoms with Gasteiger partial charge < -0.3 is 19.1 Å². The number of hydrogen-bond donors (Lipinski definition) is 0. The summed E-state index contributed by atoms with van der Waals surface area (Å²) in [5, 5.41) is 0.194. The fourth-order valence-corrected chi connectivity index (χ4v) is 2.46. The van der Waals surface area contributed by atoms with Crippen LogP contribution in [-0.4, -0.2) is 67.2 Å². The van der Waals surface area contributed by atoms with Crippen molar-refractivity contribution in [1.29, 1.82) is 0 Å². The minimum atomic E-state index is -0.531. The molecule has 8 nitrogen and oxygen atoms in total. The molecule has 0 atom stereocenters. The van der Waals surface area contributed by atoms with Crippen molar-refractivity contribution in [2.45, 2.75) is 0 Å². The van der Waals surface area contributed by atoms with Crippen molar-refractivity contribution in [3.63, 3.8) is 0 Å². The van der Waals surface area contributed by atoms with E-state index < -0.39 is 11.9 Å². The summed E-state index contributed by atoms with van der Waals surface area (Å²) in [6.07, 6.45) is 1.55. The molecule has 1 saturated heterocycles. The summed E-state index contributed by atoms with van der Waals surface area (Å²) in [5.41, 5.74) is 0.754. The number of carbonyl (C=O) groups excluding carboxylic acids is 3. The lowest BCUT2D eigenvalue weighted by molar-refractivity contribution is -0.143. The summed E-state index contributed by atoms with van der Waals surface area (Å²) in [6.45, 7) is -0.461. The second kappa shape index (κ2) is 8.43. The molecule has 1 heterocycles. The minimum Gasteiger partial charge on any atom is -0.481 e. The molecular weight excluding hydrogens is 360 g/mol. The van der Waals surface area contributed by atoms with E-state index in [1.807, 2.05) is 0 Å². The van der Waals surface area contributed by atoms with Gasteiger partial charge in [-0.3, -0.25) is 14.5 Å². The van der Waals surface area contributed by atoms with Gasteiger partial charge in [0.1, 0.15) is 18.0 Å². The van der Waals surface area contributed by atoms with Crippen molar-refractivity contribution in [2.24, 2.45) is 0 Å². The third kappa shape index (κ3) is 4.17. The molecule has 0 aliphatic carbocycles. The van der Waals surface area contributed by atoms with Gasteiger partial charge in [-0.15, -0.1) is 0 Å². The molecule has 0 radical (unpaired) electrons. The van der Waals surface area contributed by atoms with E-state index in [0.29, 0.717) is 11.3 Å². The lowest BCUT2D eigenvalue weighted by Gasteiger charge is -2.17. The quantitative estimate of drug-likeness (QED) is 0.408. The second-order valence-electron chi connectivity index (χ2n) is 5.24. The lowest BCUT2D eigenvalue weighted by atomic mass is 10.1. The monoisotopic (exact) mass is 378 g/mol. The van der Waals surface area contributed by atoms with Crippen molar-refractivity contribution in [2.75, 3.05) is 34.4 Å². The van der Waals surface area contributed by atoms with Crippen LogP contribution in [0, 0.1) is 0 Å². The average Bonchev–Trinajstić information content (AvgIpc) is 2.85. The predicted molar refractivity (Wildman–Crippen MR) is 96.0 cm³/mol. The SMILES string of the molecule is COC(=O)COc1ccccc1/C=C1\C(=O)N(C)C(=S)N1CC(=O)OC. The molecule has 2 rings (SSSR count). The summed E-state index contributed by atoms with van der Waals surface area (Å²) in [6, 6.07) is 6.85. The molecule has 1 aromatic carbocycles. The predicted octanol–water partition coefficient (Wildman–Crippen LogP) is 0.811. The summed E-state index contributed by atoms with van der Waals surface area (Å²) >= 11 is 5.22. The molecule has 0 aromatic heterocycles. The maximum Gasteiger partial charge on any atom is 0.343 e. The van der Waals surface area contributed by atoms with E-state index in [2.05, 4.69) is 9.47 Å². The largest absolute Gasteiger partial charge is 0.481 e. The van der Waals surface area contributed by atoms with Crippen molar-refractivity contribution in [3.05, 3.63) is 35.5 Å². The fraction of sp³-hybridized carbons (Fsp3) is 0.294. The molecule has 26 heavy (non-hydrogen) atoms. The van der Waals surface area contributed by atoms with E-state index in [4.69, 9.17) is 17.0 Å². The number of esters is 2. The van der Waals surface area contributed by atoms with Gasteiger partial charge in [0.2, 0.25) is 0 Å². The van der Waals surface area contributed by atoms with Gasteiger partial charge in [-0.1, -0.05) is 18.2 Å². The Bertz CT molecular complexity index is 776. The number of carbonyl (C=O) groups is 3. The number of thiocarbonyl (C=S) groups is 1. The first-order valence-electron chi connectivity index (χ1n) is 7.55. The zero-order chi connectivity index (χ0) is 19.3. The highest BCUT2D eigenvalue weighted by atomic mass is 32.1. The minimum absolute atomic E-state index is 0.192. The van der Waals surface area contributed by atoms with Crippen LogP contribution in [0.5, 0.6) is 5.75 Å². The van der Waals surface area contributed by atoms with Crippen molar-refractivity contribution >= 4 is 41.3 Å². The van der Waals surface area contributed by atoms with Crippen LogP contribution in [-0.2, 0) is 23.9 Å². The van der Waals surface area contributed by atoms with E-state index in [1.54, 1.807) is 30.3 Å². The molecule has 1 aliphatic rings. The Hall–Kier alpha value is -2.94. The van der Waals surface area contributed by atoms with Crippen molar-refractivity contribution in [3.8, 4) is 5.75 Å². The summed E-state index contributed by atoms with van der Waals surface area (Å²) in [7, 11) is 4.04. The van der Waals surface area contributed by atoms with Gasteiger partial charge >= 0.3 is 11.9 Å². The van der Waals surface area contributed by atoms with Gasteiger partial charge in [0.05, 0.1) is 14.2 Å². The zero-order valence-electron chi connectivity index (χ0n) is 14.6. The Morgan fingerprint density at radius 2 is 1.81 bits per heavy atom. The highest BCUT2D eigenvalue weighted by Crippen LogP contribution is 2.26. The van der Waals surface area contributed by atoms with E-state index in [1.165, 1.54) is 31.1 Å². The summed E-state index contributed by atoms with van der Waals surface area (Å²) in [5.74, 6) is -1.03. The van der Waals surface area contributed by atoms with Crippen LogP contribution in [0.4, 0.5) is 0 Å². The second-order valence-corrected chi connectivity index (χ2v) is 5.61. The van der Waals surface area contributed by atoms with Crippen LogP contribution in [0.3, 0.4) is 0 Å². The van der Waals surface area contributed by atoms with Gasteiger partial charge in [-0.25, -0.2) is 4.79 Å². The molecule has 0 saturated carbocycles. The van der Waals surface area contributed by atoms with Gasteiger partial charge in [0.15, 0.2) is 11.7 Å². The van der Waals surface area contributed by atoms with Gasteiger partial charge in [-0.2, -0.15) is 0 Å². The third-order valence-corrected chi connectivity index (χ3v) is 4.13.